The summed E-state index contributed by atoms with van der Waals surface area (Å²) in [4.78, 5) is 22.9. The molecule has 0 fully saturated rings. The van der Waals surface area contributed by atoms with Gasteiger partial charge in [0.05, 0.1) is 0 Å². The van der Waals surface area contributed by atoms with Crippen LogP contribution in [0.2, 0.25) is 0 Å². The summed E-state index contributed by atoms with van der Waals surface area (Å²) < 4.78 is 0. The van der Waals surface area contributed by atoms with Crippen LogP contribution < -0.4 is 11.1 Å². The van der Waals surface area contributed by atoms with E-state index in [0.29, 0.717) is 5.56 Å². The normalized spacial score (nSPS) is 12.7. The average molecular weight is 244 g/mol. The van der Waals surface area contributed by atoms with Crippen LogP contribution in [-0.2, 0) is 9.59 Å². The fourth-order valence-corrected chi connectivity index (χ4v) is 1.41. The lowest BCUT2D eigenvalue weighted by molar-refractivity contribution is -0.125. The molecule has 0 aliphatic carbocycles. The fourth-order valence-electron chi connectivity index (χ4n) is 1.41. The number of allylic oxidation sites excluding steroid dienone is 3. The second-order valence-corrected chi connectivity index (χ2v) is 3.64. The van der Waals surface area contributed by atoms with E-state index >= 15 is 0 Å². The molecule has 0 saturated carbocycles. The molecule has 0 bridgehead atoms. The molecule has 94 valence electrons. The molecule has 0 saturated heterocycles. The van der Waals surface area contributed by atoms with Gasteiger partial charge in [-0.25, -0.2) is 0 Å². The quantitative estimate of drug-likeness (QED) is 0.608. The van der Waals surface area contributed by atoms with Gasteiger partial charge < -0.3 is 11.1 Å². The van der Waals surface area contributed by atoms with Crippen molar-refractivity contribution in [3.05, 3.63) is 60.2 Å². The van der Waals surface area contributed by atoms with Crippen LogP contribution >= 0.6 is 0 Å². The zero-order chi connectivity index (χ0) is 13.4. The Morgan fingerprint density at radius 2 is 1.89 bits per heavy atom. The number of primary amides is 1. The molecule has 1 aromatic rings. The SMILES string of the molecule is C/C=C/C=C/C(=O)NC(C(N)=O)c1ccccc1. The van der Waals surface area contributed by atoms with E-state index in [9.17, 15) is 9.59 Å². The van der Waals surface area contributed by atoms with Crippen LogP contribution in [0.4, 0.5) is 0 Å². The number of benzene rings is 1. The molecule has 3 N–H and O–H groups in total. The van der Waals surface area contributed by atoms with Crippen molar-refractivity contribution in [2.75, 3.05) is 0 Å². The third-order valence-corrected chi connectivity index (χ3v) is 2.26. The average Bonchev–Trinajstić information content (AvgIpc) is 2.37. The van der Waals surface area contributed by atoms with Crippen molar-refractivity contribution in [1.29, 1.82) is 0 Å². The molecule has 1 atom stereocenters. The first-order valence-corrected chi connectivity index (χ1v) is 5.59. The first-order valence-electron chi connectivity index (χ1n) is 5.59. The van der Waals surface area contributed by atoms with Crippen LogP contribution in [0, 0.1) is 0 Å². The lowest BCUT2D eigenvalue weighted by atomic mass is 10.1. The Morgan fingerprint density at radius 1 is 1.22 bits per heavy atom. The molecule has 18 heavy (non-hydrogen) atoms. The molecule has 0 aliphatic rings. The second kappa shape index (κ2) is 7.06. The predicted molar refractivity (Wildman–Crippen MR) is 70.5 cm³/mol. The second-order valence-electron chi connectivity index (χ2n) is 3.64. The summed E-state index contributed by atoms with van der Waals surface area (Å²) in [7, 11) is 0. The van der Waals surface area contributed by atoms with E-state index in [1.807, 2.05) is 13.0 Å². The fraction of sp³-hybridized carbons (Fsp3) is 0.143. The first-order chi connectivity index (χ1) is 8.65. The number of carbonyl (C=O) groups is 2. The van der Waals surface area contributed by atoms with Crippen LogP contribution in [0.15, 0.2) is 54.6 Å². The molecular formula is C14H16N2O2. The Bertz CT molecular complexity index is 464. The number of rotatable bonds is 5. The van der Waals surface area contributed by atoms with Crippen molar-refractivity contribution >= 4 is 11.8 Å². The number of nitrogens with one attached hydrogen (secondary N) is 1. The Kier molecular flexibility index (Phi) is 5.38. The van der Waals surface area contributed by atoms with Gasteiger partial charge in [-0.1, -0.05) is 48.6 Å². The lowest BCUT2D eigenvalue weighted by Crippen LogP contribution is -2.36. The van der Waals surface area contributed by atoms with Crippen molar-refractivity contribution < 1.29 is 9.59 Å². The molecule has 1 aromatic carbocycles. The first kappa shape index (κ1) is 13.7. The van der Waals surface area contributed by atoms with Gasteiger partial charge in [-0.3, -0.25) is 9.59 Å². The van der Waals surface area contributed by atoms with Crippen molar-refractivity contribution in [2.24, 2.45) is 5.73 Å². The molecule has 0 aromatic heterocycles. The van der Waals surface area contributed by atoms with Gasteiger partial charge in [0.1, 0.15) is 6.04 Å². The Hall–Kier alpha value is -2.36. The summed E-state index contributed by atoms with van der Waals surface area (Å²) in [5.41, 5.74) is 5.94. The van der Waals surface area contributed by atoms with Crippen LogP contribution in [0.25, 0.3) is 0 Å². The summed E-state index contributed by atoms with van der Waals surface area (Å²) in [5, 5.41) is 2.56. The smallest absolute Gasteiger partial charge is 0.244 e. The van der Waals surface area contributed by atoms with Gasteiger partial charge in [-0.05, 0) is 12.5 Å². The maximum atomic E-state index is 11.6. The van der Waals surface area contributed by atoms with Gasteiger partial charge in [-0.15, -0.1) is 0 Å². The van der Waals surface area contributed by atoms with E-state index < -0.39 is 11.9 Å². The molecule has 1 rings (SSSR count). The molecule has 2 amide bonds. The number of nitrogens with two attached hydrogens (primary N) is 1. The minimum absolute atomic E-state index is 0.360. The Labute approximate surface area is 106 Å². The predicted octanol–water partition coefficient (Wildman–Crippen LogP) is 1.46. The highest BCUT2D eigenvalue weighted by Crippen LogP contribution is 2.11. The zero-order valence-electron chi connectivity index (χ0n) is 10.2. The third kappa shape index (κ3) is 4.25. The largest absolute Gasteiger partial charge is 0.368 e. The number of hydrogen-bond donors (Lipinski definition) is 2. The highest BCUT2D eigenvalue weighted by Gasteiger charge is 2.18. The Balaban J connectivity index is 2.76. The molecular weight excluding hydrogens is 228 g/mol. The summed E-state index contributed by atoms with van der Waals surface area (Å²) >= 11 is 0. The van der Waals surface area contributed by atoms with Gasteiger partial charge >= 0.3 is 0 Å². The summed E-state index contributed by atoms with van der Waals surface area (Å²) in [6.45, 7) is 1.85. The molecule has 0 spiro atoms. The standard InChI is InChI=1S/C14H16N2O2/c1-2-3-5-10-12(17)16-13(14(15)18)11-8-6-4-7-9-11/h2-10,13H,1H3,(H2,15,18)(H,16,17)/b3-2+,10-5+. The van der Waals surface area contributed by atoms with Gasteiger partial charge in [0.15, 0.2) is 0 Å². The summed E-state index contributed by atoms with van der Waals surface area (Å²) in [5.74, 6) is -0.949. The van der Waals surface area contributed by atoms with E-state index in [-0.39, 0.29) is 5.91 Å². The molecule has 4 heteroatoms. The monoisotopic (exact) mass is 244 g/mol. The molecule has 1 unspecified atom stereocenters. The Morgan fingerprint density at radius 3 is 2.44 bits per heavy atom. The van der Waals surface area contributed by atoms with Crippen LogP contribution in [0.5, 0.6) is 0 Å². The number of amides is 2. The molecule has 0 aliphatic heterocycles. The maximum absolute atomic E-state index is 11.6. The number of hydrogen-bond acceptors (Lipinski definition) is 2. The lowest BCUT2D eigenvalue weighted by Gasteiger charge is -2.14. The summed E-state index contributed by atoms with van der Waals surface area (Å²) in [6, 6.07) is 8.07. The van der Waals surface area contributed by atoms with Gasteiger partial charge in [0.25, 0.3) is 0 Å². The third-order valence-electron chi connectivity index (χ3n) is 2.26. The number of carbonyl (C=O) groups excluding carboxylic acids is 2. The van der Waals surface area contributed by atoms with Crippen LogP contribution in [0.3, 0.4) is 0 Å². The summed E-state index contributed by atoms with van der Waals surface area (Å²) in [6.07, 6.45) is 6.46. The zero-order valence-corrected chi connectivity index (χ0v) is 10.2. The minimum atomic E-state index is -0.811. The highest BCUT2D eigenvalue weighted by atomic mass is 16.2. The van der Waals surface area contributed by atoms with Gasteiger partial charge in [-0.2, -0.15) is 0 Å². The van der Waals surface area contributed by atoms with E-state index in [1.165, 1.54) is 6.08 Å². The van der Waals surface area contributed by atoms with E-state index in [2.05, 4.69) is 5.32 Å². The van der Waals surface area contributed by atoms with E-state index in [0.717, 1.165) is 0 Å². The van der Waals surface area contributed by atoms with Crippen molar-refractivity contribution in [1.82, 2.24) is 5.32 Å². The van der Waals surface area contributed by atoms with Gasteiger partial charge in [0.2, 0.25) is 11.8 Å². The van der Waals surface area contributed by atoms with Crippen molar-refractivity contribution in [2.45, 2.75) is 13.0 Å². The molecule has 0 heterocycles. The van der Waals surface area contributed by atoms with Gasteiger partial charge in [0, 0.05) is 6.08 Å². The maximum Gasteiger partial charge on any atom is 0.244 e. The van der Waals surface area contributed by atoms with Crippen molar-refractivity contribution in [3.63, 3.8) is 0 Å². The van der Waals surface area contributed by atoms with Crippen LogP contribution in [0.1, 0.15) is 18.5 Å². The minimum Gasteiger partial charge on any atom is -0.368 e. The molecule has 0 radical (unpaired) electrons. The van der Waals surface area contributed by atoms with Crippen LogP contribution in [-0.4, -0.2) is 11.8 Å². The topological polar surface area (TPSA) is 72.2 Å². The van der Waals surface area contributed by atoms with Crippen molar-refractivity contribution in [3.8, 4) is 0 Å². The highest BCUT2D eigenvalue weighted by molar-refractivity contribution is 5.93. The van der Waals surface area contributed by atoms with E-state index in [1.54, 1.807) is 42.5 Å². The molecule has 4 nitrogen and oxygen atoms in total. The van der Waals surface area contributed by atoms with E-state index in [4.69, 9.17) is 5.73 Å².